The third kappa shape index (κ3) is 2.02. The molecule has 1 nitrogen and oxygen atoms in total. The summed E-state index contributed by atoms with van der Waals surface area (Å²) in [4.78, 5) is 0. The summed E-state index contributed by atoms with van der Waals surface area (Å²) in [5.41, 5.74) is 1.15. The average molecular weight is 183 g/mol. The molecule has 0 aromatic heterocycles. The highest BCUT2D eigenvalue weighted by atomic mass is 35.5. The van der Waals surface area contributed by atoms with Gasteiger partial charge in [-0.05, 0) is 24.1 Å². The van der Waals surface area contributed by atoms with Gasteiger partial charge in [0, 0.05) is 0 Å². The third-order valence-electron chi connectivity index (χ3n) is 1.60. The van der Waals surface area contributed by atoms with E-state index in [4.69, 9.17) is 16.3 Å². The normalized spacial score (nSPS) is 9.50. The highest BCUT2D eigenvalue weighted by Crippen LogP contribution is 2.24. The SMILES string of the molecule is C=CCc1ccc(OC)c(Cl)c1. The van der Waals surface area contributed by atoms with Gasteiger partial charge in [-0.2, -0.15) is 0 Å². The molecule has 1 aromatic rings. The fraction of sp³-hybridized carbons (Fsp3) is 0.200. The lowest BCUT2D eigenvalue weighted by molar-refractivity contribution is 0.415. The van der Waals surface area contributed by atoms with Crippen LogP contribution in [0, 0.1) is 0 Å². The van der Waals surface area contributed by atoms with E-state index in [-0.39, 0.29) is 0 Å². The minimum atomic E-state index is 0.650. The molecule has 0 bridgehead atoms. The first-order valence-electron chi connectivity index (χ1n) is 3.71. The van der Waals surface area contributed by atoms with Gasteiger partial charge in [-0.3, -0.25) is 0 Å². The van der Waals surface area contributed by atoms with Gasteiger partial charge in [0.25, 0.3) is 0 Å². The molecule has 64 valence electrons. The van der Waals surface area contributed by atoms with Gasteiger partial charge in [0.2, 0.25) is 0 Å². The van der Waals surface area contributed by atoms with Crippen LogP contribution in [0.4, 0.5) is 0 Å². The van der Waals surface area contributed by atoms with Crippen molar-refractivity contribution in [3.05, 3.63) is 41.4 Å². The van der Waals surface area contributed by atoms with Crippen molar-refractivity contribution in [3.63, 3.8) is 0 Å². The van der Waals surface area contributed by atoms with Gasteiger partial charge in [0.1, 0.15) is 5.75 Å². The molecule has 0 aliphatic rings. The molecule has 0 amide bonds. The fourth-order valence-electron chi connectivity index (χ4n) is 1.00. The second-order valence-corrected chi connectivity index (χ2v) is 2.87. The minimum absolute atomic E-state index is 0.650. The molecule has 0 heterocycles. The molecular weight excluding hydrogens is 172 g/mol. The summed E-state index contributed by atoms with van der Waals surface area (Å²) in [6.07, 6.45) is 2.68. The number of allylic oxidation sites excluding steroid dienone is 1. The first-order valence-corrected chi connectivity index (χ1v) is 4.09. The van der Waals surface area contributed by atoms with Crippen LogP contribution in [0.2, 0.25) is 5.02 Å². The Morgan fingerprint density at radius 3 is 2.83 bits per heavy atom. The highest BCUT2D eigenvalue weighted by Gasteiger charge is 1.99. The predicted octanol–water partition coefficient (Wildman–Crippen LogP) is 3.08. The fourth-order valence-corrected chi connectivity index (χ4v) is 1.28. The molecule has 1 rings (SSSR count). The van der Waals surface area contributed by atoms with Crippen LogP contribution in [0.5, 0.6) is 5.75 Å². The molecule has 0 saturated heterocycles. The van der Waals surface area contributed by atoms with E-state index in [1.165, 1.54) is 0 Å². The van der Waals surface area contributed by atoms with Gasteiger partial charge >= 0.3 is 0 Å². The van der Waals surface area contributed by atoms with Crippen molar-refractivity contribution in [1.82, 2.24) is 0 Å². The Morgan fingerprint density at radius 2 is 2.33 bits per heavy atom. The summed E-state index contributed by atoms with van der Waals surface area (Å²) in [7, 11) is 1.61. The first-order chi connectivity index (χ1) is 5.77. The van der Waals surface area contributed by atoms with Crippen molar-refractivity contribution in [3.8, 4) is 5.75 Å². The molecule has 0 aliphatic carbocycles. The molecule has 0 saturated carbocycles. The summed E-state index contributed by atoms with van der Waals surface area (Å²) in [5, 5.41) is 0.650. The maximum Gasteiger partial charge on any atom is 0.137 e. The second-order valence-electron chi connectivity index (χ2n) is 2.46. The van der Waals surface area contributed by atoms with Crippen molar-refractivity contribution in [1.29, 1.82) is 0 Å². The monoisotopic (exact) mass is 182 g/mol. The van der Waals surface area contributed by atoms with Gasteiger partial charge in [-0.15, -0.1) is 6.58 Å². The largest absolute Gasteiger partial charge is 0.495 e. The van der Waals surface area contributed by atoms with Crippen LogP contribution >= 0.6 is 11.6 Å². The van der Waals surface area contributed by atoms with Crippen LogP contribution < -0.4 is 4.74 Å². The molecule has 0 radical (unpaired) electrons. The van der Waals surface area contributed by atoms with Gasteiger partial charge in [-0.25, -0.2) is 0 Å². The van der Waals surface area contributed by atoms with Crippen molar-refractivity contribution < 1.29 is 4.74 Å². The maximum atomic E-state index is 5.91. The van der Waals surface area contributed by atoms with E-state index in [1.54, 1.807) is 7.11 Å². The topological polar surface area (TPSA) is 9.23 Å². The van der Waals surface area contributed by atoms with E-state index in [0.29, 0.717) is 10.8 Å². The van der Waals surface area contributed by atoms with Gasteiger partial charge in [0.15, 0.2) is 0 Å². The van der Waals surface area contributed by atoms with E-state index in [1.807, 2.05) is 24.3 Å². The Labute approximate surface area is 77.6 Å². The van der Waals surface area contributed by atoms with Crippen molar-refractivity contribution in [2.24, 2.45) is 0 Å². The second kappa shape index (κ2) is 4.17. The summed E-state index contributed by atoms with van der Waals surface area (Å²) < 4.78 is 5.02. The lowest BCUT2D eigenvalue weighted by Crippen LogP contribution is -1.86. The first kappa shape index (κ1) is 9.14. The molecule has 2 heteroatoms. The van der Waals surface area contributed by atoms with Gasteiger partial charge in [-0.1, -0.05) is 23.7 Å². The standard InChI is InChI=1S/C10H11ClO/c1-3-4-8-5-6-10(12-2)9(11)7-8/h3,5-7H,1,4H2,2H3. The summed E-state index contributed by atoms with van der Waals surface area (Å²) in [6, 6.07) is 5.73. The van der Waals surface area contributed by atoms with E-state index >= 15 is 0 Å². The molecule has 0 spiro atoms. The van der Waals surface area contributed by atoms with Crippen LogP contribution in [0.25, 0.3) is 0 Å². The highest BCUT2D eigenvalue weighted by molar-refractivity contribution is 6.32. The van der Waals surface area contributed by atoms with Crippen molar-refractivity contribution in [2.45, 2.75) is 6.42 Å². The number of methoxy groups -OCH3 is 1. The van der Waals surface area contributed by atoms with E-state index in [2.05, 4.69) is 6.58 Å². The van der Waals surface area contributed by atoms with E-state index in [0.717, 1.165) is 12.0 Å². The zero-order valence-corrected chi connectivity index (χ0v) is 7.77. The summed E-state index contributed by atoms with van der Waals surface area (Å²) in [5.74, 6) is 0.712. The number of rotatable bonds is 3. The molecule has 0 unspecified atom stereocenters. The molecule has 12 heavy (non-hydrogen) atoms. The molecule has 0 atom stereocenters. The van der Waals surface area contributed by atoms with Gasteiger partial charge < -0.3 is 4.74 Å². The van der Waals surface area contributed by atoms with E-state index in [9.17, 15) is 0 Å². The molecular formula is C10H11ClO. The molecule has 0 N–H and O–H groups in total. The van der Waals surface area contributed by atoms with Crippen molar-refractivity contribution in [2.75, 3.05) is 7.11 Å². The molecule has 1 aromatic carbocycles. The van der Waals surface area contributed by atoms with Crippen molar-refractivity contribution >= 4 is 11.6 Å². The number of hydrogen-bond donors (Lipinski definition) is 0. The third-order valence-corrected chi connectivity index (χ3v) is 1.89. The average Bonchev–Trinajstić information content (AvgIpc) is 2.05. The Kier molecular flexibility index (Phi) is 3.18. The molecule has 0 aliphatic heterocycles. The molecule has 0 fully saturated rings. The summed E-state index contributed by atoms with van der Waals surface area (Å²) >= 11 is 5.91. The summed E-state index contributed by atoms with van der Waals surface area (Å²) in [6.45, 7) is 3.65. The van der Waals surface area contributed by atoms with Crippen LogP contribution in [0.3, 0.4) is 0 Å². The van der Waals surface area contributed by atoms with Crippen LogP contribution in [0.15, 0.2) is 30.9 Å². The van der Waals surface area contributed by atoms with Crippen LogP contribution in [0.1, 0.15) is 5.56 Å². The van der Waals surface area contributed by atoms with Crippen LogP contribution in [-0.4, -0.2) is 7.11 Å². The number of benzene rings is 1. The van der Waals surface area contributed by atoms with Gasteiger partial charge in [0.05, 0.1) is 12.1 Å². The van der Waals surface area contributed by atoms with Crippen LogP contribution in [-0.2, 0) is 6.42 Å². The zero-order valence-electron chi connectivity index (χ0n) is 7.01. The maximum absolute atomic E-state index is 5.91. The number of hydrogen-bond acceptors (Lipinski definition) is 1. The number of halogens is 1. The Morgan fingerprint density at radius 1 is 1.58 bits per heavy atom. The smallest absolute Gasteiger partial charge is 0.137 e. The predicted molar refractivity (Wildman–Crippen MR) is 51.9 cm³/mol. The Bertz CT molecular complexity index is 281. The quantitative estimate of drug-likeness (QED) is 0.653. The Hall–Kier alpha value is -0.950. The lowest BCUT2D eigenvalue weighted by Gasteiger charge is -2.03. The van der Waals surface area contributed by atoms with E-state index < -0.39 is 0 Å². The lowest BCUT2D eigenvalue weighted by atomic mass is 10.1. The Balaban J connectivity index is 2.93. The number of ether oxygens (including phenoxy) is 1. The minimum Gasteiger partial charge on any atom is -0.495 e. The zero-order chi connectivity index (χ0) is 8.97.